The maximum absolute atomic E-state index is 12.0. The lowest BCUT2D eigenvalue weighted by molar-refractivity contribution is 0.0184. The number of piperidine rings is 1. The van der Waals surface area contributed by atoms with Crippen LogP contribution in [0.15, 0.2) is 18.3 Å². The van der Waals surface area contributed by atoms with E-state index in [1.165, 1.54) is 0 Å². The molecular formula is C17H26ClN3O2. The van der Waals surface area contributed by atoms with Crippen LogP contribution in [0.5, 0.6) is 0 Å². The van der Waals surface area contributed by atoms with E-state index in [1.54, 1.807) is 12.3 Å². The summed E-state index contributed by atoms with van der Waals surface area (Å²) in [4.78, 5) is 17.9. The Morgan fingerprint density at radius 3 is 2.65 bits per heavy atom. The molecule has 1 saturated heterocycles. The van der Waals surface area contributed by atoms with Gasteiger partial charge in [0.2, 0.25) is 0 Å². The summed E-state index contributed by atoms with van der Waals surface area (Å²) in [5.41, 5.74) is 0.697. The van der Waals surface area contributed by atoms with Crippen molar-refractivity contribution >= 4 is 17.7 Å². The maximum Gasteiger partial charge on any atom is 0.410 e. The Hall–Kier alpha value is -1.33. The highest BCUT2D eigenvalue weighted by Gasteiger charge is 2.26. The van der Waals surface area contributed by atoms with E-state index >= 15 is 0 Å². The van der Waals surface area contributed by atoms with Gasteiger partial charge in [-0.1, -0.05) is 17.7 Å². The lowest BCUT2D eigenvalue weighted by Crippen LogP contribution is -2.43. The number of ether oxygens (including phenoxy) is 1. The van der Waals surface area contributed by atoms with E-state index in [0.29, 0.717) is 11.1 Å². The average molecular weight is 340 g/mol. The minimum absolute atomic E-state index is 0.198. The molecule has 0 saturated carbocycles. The molecule has 1 amide bonds. The zero-order valence-electron chi connectivity index (χ0n) is 14.1. The fourth-order valence-corrected chi connectivity index (χ4v) is 2.69. The molecule has 0 aliphatic carbocycles. The molecule has 1 aliphatic rings. The Balaban J connectivity index is 1.66. The van der Waals surface area contributed by atoms with Gasteiger partial charge in [-0.2, -0.15) is 0 Å². The molecule has 0 radical (unpaired) electrons. The van der Waals surface area contributed by atoms with Crippen LogP contribution in [0.3, 0.4) is 0 Å². The molecule has 128 valence electrons. The molecule has 2 rings (SSSR count). The minimum atomic E-state index is -0.428. The maximum atomic E-state index is 12.0. The summed E-state index contributed by atoms with van der Waals surface area (Å²) < 4.78 is 5.41. The van der Waals surface area contributed by atoms with Crippen molar-refractivity contribution in [3.05, 3.63) is 29.0 Å². The van der Waals surface area contributed by atoms with Crippen molar-refractivity contribution in [1.29, 1.82) is 0 Å². The van der Waals surface area contributed by atoms with Crippen LogP contribution in [0.25, 0.3) is 0 Å². The van der Waals surface area contributed by atoms with E-state index in [4.69, 9.17) is 16.3 Å². The van der Waals surface area contributed by atoms with E-state index in [-0.39, 0.29) is 6.09 Å². The number of nitrogens with zero attached hydrogens (tertiary/aromatic N) is 2. The Morgan fingerprint density at radius 1 is 1.39 bits per heavy atom. The second kappa shape index (κ2) is 7.97. The fraction of sp³-hybridized carbons (Fsp3) is 0.647. The first-order chi connectivity index (χ1) is 10.8. The molecule has 1 aromatic heterocycles. The van der Waals surface area contributed by atoms with Gasteiger partial charge in [-0.25, -0.2) is 9.78 Å². The van der Waals surface area contributed by atoms with Crippen LogP contribution in [0, 0.1) is 5.92 Å². The smallest absolute Gasteiger partial charge is 0.410 e. The number of hydrogen-bond acceptors (Lipinski definition) is 4. The molecule has 1 aliphatic heterocycles. The van der Waals surface area contributed by atoms with Crippen LogP contribution in [-0.2, 0) is 11.3 Å². The molecule has 2 heterocycles. The van der Waals surface area contributed by atoms with Crippen molar-refractivity contribution < 1.29 is 9.53 Å². The van der Waals surface area contributed by atoms with Crippen molar-refractivity contribution in [2.75, 3.05) is 19.6 Å². The highest BCUT2D eigenvalue weighted by Crippen LogP contribution is 2.19. The number of nitrogens with one attached hydrogen (secondary N) is 1. The topological polar surface area (TPSA) is 54.5 Å². The van der Waals surface area contributed by atoms with Crippen LogP contribution >= 0.6 is 11.6 Å². The second-order valence-electron chi connectivity index (χ2n) is 7.03. The van der Waals surface area contributed by atoms with Gasteiger partial charge in [-0.15, -0.1) is 0 Å². The normalized spacial score (nSPS) is 16.4. The first kappa shape index (κ1) is 18.0. The van der Waals surface area contributed by atoms with E-state index in [1.807, 2.05) is 31.7 Å². The standard InChI is InChI=1S/C17H26ClN3O2/c1-17(2,3)23-16(22)21-8-6-13(7-9-21)10-19-11-14-4-5-15(18)20-12-14/h4-5,12-13,19H,6-11H2,1-3H3. The van der Waals surface area contributed by atoms with Gasteiger partial charge in [-0.05, 0) is 57.7 Å². The van der Waals surface area contributed by atoms with Gasteiger partial charge < -0.3 is 15.0 Å². The van der Waals surface area contributed by atoms with Crippen LogP contribution in [0.2, 0.25) is 5.15 Å². The average Bonchev–Trinajstić information content (AvgIpc) is 2.48. The number of aromatic nitrogens is 1. The quantitative estimate of drug-likeness (QED) is 0.853. The molecule has 1 N–H and O–H groups in total. The van der Waals surface area contributed by atoms with Gasteiger partial charge in [0.25, 0.3) is 0 Å². The Kier molecular flexibility index (Phi) is 6.25. The molecule has 0 spiro atoms. The van der Waals surface area contributed by atoms with Crippen LogP contribution < -0.4 is 5.32 Å². The Bertz CT molecular complexity index is 506. The first-order valence-electron chi connectivity index (χ1n) is 8.12. The molecule has 0 unspecified atom stereocenters. The van der Waals surface area contributed by atoms with Crippen molar-refractivity contribution in [1.82, 2.24) is 15.2 Å². The van der Waals surface area contributed by atoms with Crippen LogP contribution in [0.4, 0.5) is 4.79 Å². The van der Waals surface area contributed by atoms with Crippen molar-refractivity contribution in [3.63, 3.8) is 0 Å². The summed E-state index contributed by atoms with van der Waals surface area (Å²) in [6.07, 6.45) is 3.60. The number of carbonyl (C=O) groups is 1. The molecule has 23 heavy (non-hydrogen) atoms. The fourth-order valence-electron chi connectivity index (χ4n) is 2.58. The monoisotopic (exact) mass is 339 g/mol. The third-order valence-corrected chi connectivity index (χ3v) is 4.04. The minimum Gasteiger partial charge on any atom is -0.444 e. The number of hydrogen-bond donors (Lipinski definition) is 1. The molecule has 5 nitrogen and oxygen atoms in total. The summed E-state index contributed by atoms with van der Waals surface area (Å²) in [6, 6.07) is 3.78. The van der Waals surface area contributed by atoms with Crippen LogP contribution in [0.1, 0.15) is 39.2 Å². The predicted octanol–water partition coefficient (Wildman–Crippen LogP) is 3.47. The zero-order valence-corrected chi connectivity index (χ0v) is 14.9. The van der Waals surface area contributed by atoms with Gasteiger partial charge in [0.1, 0.15) is 10.8 Å². The van der Waals surface area contributed by atoms with Gasteiger partial charge in [0.05, 0.1) is 0 Å². The third kappa shape index (κ3) is 6.36. The van der Waals surface area contributed by atoms with Crippen molar-refractivity contribution in [2.45, 2.75) is 45.8 Å². The Morgan fingerprint density at radius 2 is 2.09 bits per heavy atom. The number of amides is 1. The lowest BCUT2D eigenvalue weighted by Gasteiger charge is -2.33. The number of halogens is 1. The van der Waals surface area contributed by atoms with Gasteiger partial charge in [0, 0.05) is 25.8 Å². The summed E-state index contributed by atoms with van der Waals surface area (Å²) in [7, 11) is 0. The van der Waals surface area contributed by atoms with E-state index < -0.39 is 5.60 Å². The Labute approximate surface area is 143 Å². The number of likely N-dealkylation sites (tertiary alicyclic amines) is 1. The molecule has 0 aromatic carbocycles. The lowest BCUT2D eigenvalue weighted by atomic mass is 9.97. The second-order valence-corrected chi connectivity index (χ2v) is 7.42. The molecular weight excluding hydrogens is 314 g/mol. The van der Waals surface area contributed by atoms with Crippen molar-refractivity contribution in [3.8, 4) is 0 Å². The number of carbonyl (C=O) groups excluding carboxylic acids is 1. The number of pyridine rings is 1. The predicted molar refractivity (Wildman–Crippen MR) is 91.5 cm³/mol. The highest BCUT2D eigenvalue weighted by atomic mass is 35.5. The summed E-state index contributed by atoms with van der Waals surface area (Å²) in [5, 5.41) is 3.97. The number of rotatable bonds is 4. The largest absolute Gasteiger partial charge is 0.444 e. The SMILES string of the molecule is CC(C)(C)OC(=O)N1CCC(CNCc2ccc(Cl)nc2)CC1. The molecule has 1 aromatic rings. The zero-order chi connectivity index (χ0) is 16.9. The molecule has 6 heteroatoms. The van der Waals surface area contributed by atoms with Crippen molar-refractivity contribution in [2.24, 2.45) is 5.92 Å². The highest BCUT2D eigenvalue weighted by molar-refractivity contribution is 6.29. The molecule has 0 bridgehead atoms. The summed E-state index contributed by atoms with van der Waals surface area (Å²) in [6.45, 7) is 8.96. The van der Waals surface area contributed by atoms with E-state index in [9.17, 15) is 4.79 Å². The van der Waals surface area contributed by atoms with E-state index in [0.717, 1.165) is 44.6 Å². The molecule has 0 atom stereocenters. The van der Waals surface area contributed by atoms with Crippen LogP contribution in [-0.4, -0.2) is 41.2 Å². The third-order valence-electron chi connectivity index (χ3n) is 3.82. The molecule has 1 fully saturated rings. The van der Waals surface area contributed by atoms with Gasteiger partial charge in [-0.3, -0.25) is 0 Å². The van der Waals surface area contributed by atoms with Gasteiger partial charge in [0.15, 0.2) is 0 Å². The first-order valence-corrected chi connectivity index (χ1v) is 8.50. The van der Waals surface area contributed by atoms with Gasteiger partial charge >= 0.3 is 6.09 Å². The van der Waals surface area contributed by atoms with E-state index in [2.05, 4.69) is 10.3 Å². The summed E-state index contributed by atoms with van der Waals surface area (Å²) in [5.74, 6) is 0.592. The summed E-state index contributed by atoms with van der Waals surface area (Å²) >= 11 is 5.77.